The van der Waals surface area contributed by atoms with E-state index in [2.05, 4.69) is 20.4 Å². The van der Waals surface area contributed by atoms with Crippen molar-refractivity contribution in [2.75, 3.05) is 5.32 Å². The molecular weight excluding hydrogens is 364 g/mol. The molecule has 132 valence electrons. The quantitative estimate of drug-likeness (QED) is 0.377. The Morgan fingerprint density at radius 1 is 1.15 bits per heavy atom. The van der Waals surface area contributed by atoms with Crippen molar-refractivity contribution < 1.29 is 0 Å². The van der Waals surface area contributed by atoms with Crippen molar-refractivity contribution in [3.05, 3.63) is 88.7 Å². The minimum absolute atomic E-state index is 0.448. The Morgan fingerprint density at radius 2 is 2.00 bits per heavy atom. The summed E-state index contributed by atoms with van der Waals surface area (Å²) in [6.45, 7) is 2.75. The monoisotopic (exact) mass is 382 g/mol. The van der Waals surface area contributed by atoms with Crippen LogP contribution in [-0.4, -0.2) is 15.9 Å². The molecule has 3 rings (SSSR count). The van der Waals surface area contributed by atoms with Gasteiger partial charge in [-0.05, 0) is 60.6 Å². The van der Waals surface area contributed by atoms with Crippen molar-refractivity contribution >= 4 is 40.8 Å². The molecule has 2 N–H and O–H groups in total. The van der Waals surface area contributed by atoms with Gasteiger partial charge in [0.25, 0.3) is 0 Å². The third kappa shape index (κ3) is 4.94. The molecular formula is C20H19ClN4S. The number of aromatic nitrogens is 1. The number of hydrazone groups is 1. The van der Waals surface area contributed by atoms with Crippen LogP contribution in [0.4, 0.5) is 5.69 Å². The number of rotatable bonds is 5. The minimum Gasteiger partial charge on any atom is -0.342 e. The normalized spacial score (nSPS) is 10.8. The number of thiocarbonyl (C=S) groups is 1. The first kappa shape index (κ1) is 18.2. The van der Waals surface area contributed by atoms with Gasteiger partial charge < -0.3 is 9.88 Å². The lowest BCUT2D eigenvalue weighted by atomic mass is 10.2. The molecule has 0 atom stereocenters. The molecule has 4 nitrogen and oxygen atoms in total. The van der Waals surface area contributed by atoms with Crippen molar-refractivity contribution in [3.8, 4) is 0 Å². The Morgan fingerprint density at radius 3 is 2.81 bits per heavy atom. The molecule has 6 heteroatoms. The number of benzene rings is 2. The summed E-state index contributed by atoms with van der Waals surface area (Å²) in [5.41, 5.74) is 7.04. The van der Waals surface area contributed by atoms with E-state index in [-0.39, 0.29) is 0 Å². The van der Waals surface area contributed by atoms with Gasteiger partial charge in [-0.3, -0.25) is 5.43 Å². The van der Waals surface area contributed by atoms with Gasteiger partial charge in [0.2, 0.25) is 0 Å². The van der Waals surface area contributed by atoms with Crippen LogP contribution in [0.3, 0.4) is 0 Å². The fourth-order valence-electron chi connectivity index (χ4n) is 2.54. The number of nitrogens with zero attached hydrogens (tertiary/aromatic N) is 2. The highest BCUT2D eigenvalue weighted by atomic mass is 35.5. The molecule has 0 aliphatic carbocycles. The Hall–Kier alpha value is -2.63. The van der Waals surface area contributed by atoms with Crippen LogP contribution >= 0.6 is 23.8 Å². The SMILES string of the molecule is Cc1ccccc1NC(=S)NN=Cc1cccn1Cc1cccc(Cl)c1. The molecule has 0 saturated carbocycles. The molecule has 1 heterocycles. The predicted molar refractivity (Wildman–Crippen MR) is 113 cm³/mol. The first-order valence-corrected chi connectivity index (χ1v) is 8.96. The summed E-state index contributed by atoms with van der Waals surface area (Å²) in [6, 6.07) is 19.8. The summed E-state index contributed by atoms with van der Waals surface area (Å²) in [5.74, 6) is 0. The smallest absolute Gasteiger partial charge is 0.191 e. The van der Waals surface area contributed by atoms with E-state index >= 15 is 0 Å². The Bertz CT molecular complexity index is 933. The van der Waals surface area contributed by atoms with Crippen LogP contribution in [0, 0.1) is 6.92 Å². The molecule has 0 amide bonds. The zero-order chi connectivity index (χ0) is 18.4. The van der Waals surface area contributed by atoms with Gasteiger partial charge in [0.15, 0.2) is 5.11 Å². The summed E-state index contributed by atoms with van der Waals surface area (Å²) in [7, 11) is 0. The van der Waals surface area contributed by atoms with Gasteiger partial charge in [0.1, 0.15) is 0 Å². The highest BCUT2D eigenvalue weighted by molar-refractivity contribution is 7.80. The third-order valence-corrected chi connectivity index (χ3v) is 4.29. The van der Waals surface area contributed by atoms with Gasteiger partial charge >= 0.3 is 0 Å². The highest BCUT2D eigenvalue weighted by Gasteiger charge is 2.02. The Balaban J connectivity index is 1.60. The fraction of sp³-hybridized carbons (Fsp3) is 0.100. The fourth-order valence-corrected chi connectivity index (χ4v) is 2.92. The van der Waals surface area contributed by atoms with E-state index in [1.807, 2.05) is 73.8 Å². The molecule has 26 heavy (non-hydrogen) atoms. The highest BCUT2D eigenvalue weighted by Crippen LogP contribution is 2.14. The molecule has 0 saturated heterocycles. The molecule has 0 aliphatic heterocycles. The van der Waals surface area contributed by atoms with Crippen LogP contribution in [0.1, 0.15) is 16.8 Å². The lowest BCUT2D eigenvalue weighted by Gasteiger charge is -2.09. The Labute approximate surface area is 163 Å². The van der Waals surface area contributed by atoms with Crippen LogP contribution < -0.4 is 10.7 Å². The molecule has 0 bridgehead atoms. The van der Waals surface area contributed by atoms with Crippen molar-refractivity contribution in [2.24, 2.45) is 5.10 Å². The van der Waals surface area contributed by atoms with Crippen LogP contribution in [0.15, 0.2) is 72.0 Å². The zero-order valence-electron chi connectivity index (χ0n) is 14.3. The first-order chi connectivity index (χ1) is 12.6. The first-order valence-electron chi connectivity index (χ1n) is 8.17. The lowest BCUT2D eigenvalue weighted by Crippen LogP contribution is -2.24. The number of hydrogen-bond donors (Lipinski definition) is 2. The van der Waals surface area contributed by atoms with Gasteiger partial charge in [-0.25, -0.2) is 0 Å². The molecule has 3 aromatic rings. The number of halogens is 1. The van der Waals surface area contributed by atoms with Gasteiger partial charge in [-0.2, -0.15) is 5.10 Å². The van der Waals surface area contributed by atoms with Gasteiger partial charge in [-0.1, -0.05) is 41.9 Å². The second-order valence-electron chi connectivity index (χ2n) is 5.83. The number of para-hydroxylation sites is 1. The maximum absolute atomic E-state index is 6.05. The maximum atomic E-state index is 6.05. The summed E-state index contributed by atoms with van der Waals surface area (Å²) >= 11 is 11.3. The van der Waals surface area contributed by atoms with Gasteiger partial charge in [0.05, 0.1) is 11.9 Å². The van der Waals surface area contributed by atoms with Gasteiger partial charge in [-0.15, -0.1) is 0 Å². The molecule has 0 spiro atoms. The minimum atomic E-state index is 0.448. The van der Waals surface area contributed by atoms with Crippen LogP contribution in [0.5, 0.6) is 0 Å². The average molecular weight is 383 g/mol. The van der Waals surface area contributed by atoms with E-state index in [9.17, 15) is 0 Å². The van der Waals surface area contributed by atoms with Crippen molar-refractivity contribution in [3.63, 3.8) is 0 Å². The largest absolute Gasteiger partial charge is 0.342 e. The van der Waals surface area contributed by atoms with E-state index in [1.54, 1.807) is 6.21 Å². The second kappa shape index (κ2) is 8.65. The predicted octanol–water partition coefficient (Wildman–Crippen LogP) is 4.82. The molecule has 0 aliphatic rings. The summed E-state index contributed by atoms with van der Waals surface area (Å²) < 4.78 is 2.09. The summed E-state index contributed by atoms with van der Waals surface area (Å²) in [4.78, 5) is 0. The number of anilines is 1. The van der Waals surface area contributed by atoms with E-state index in [0.717, 1.165) is 34.1 Å². The van der Waals surface area contributed by atoms with Gasteiger partial charge in [0, 0.05) is 23.5 Å². The molecule has 1 aromatic heterocycles. The van der Waals surface area contributed by atoms with Crippen LogP contribution in [0.2, 0.25) is 5.02 Å². The van der Waals surface area contributed by atoms with E-state index in [1.165, 1.54) is 0 Å². The molecule has 0 radical (unpaired) electrons. The van der Waals surface area contributed by atoms with Crippen molar-refractivity contribution in [1.29, 1.82) is 0 Å². The maximum Gasteiger partial charge on any atom is 0.191 e. The van der Waals surface area contributed by atoms with E-state index in [0.29, 0.717) is 5.11 Å². The second-order valence-corrected chi connectivity index (χ2v) is 6.67. The van der Waals surface area contributed by atoms with Crippen LogP contribution in [-0.2, 0) is 6.54 Å². The van der Waals surface area contributed by atoms with E-state index in [4.69, 9.17) is 23.8 Å². The lowest BCUT2D eigenvalue weighted by molar-refractivity contribution is 0.799. The number of hydrogen-bond acceptors (Lipinski definition) is 2. The molecule has 2 aromatic carbocycles. The summed E-state index contributed by atoms with van der Waals surface area (Å²) in [6.07, 6.45) is 3.75. The van der Waals surface area contributed by atoms with Crippen LogP contribution in [0.25, 0.3) is 0 Å². The zero-order valence-corrected chi connectivity index (χ0v) is 15.9. The topological polar surface area (TPSA) is 41.4 Å². The number of nitrogens with one attached hydrogen (secondary N) is 2. The summed E-state index contributed by atoms with van der Waals surface area (Å²) in [5, 5.41) is 8.55. The standard InChI is InChI=1S/C20H19ClN4S/c1-15-6-2-3-10-19(15)23-20(26)24-22-13-18-9-5-11-25(18)14-16-7-4-8-17(21)12-16/h2-13H,14H2,1H3,(H2,23,24,26). The van der Waals surface area contributed by atoms with Crippen molar-refractivity contribution in [1.82, 2.24) is 9.99 Å². The Kier molecular flexibility index (Phi) is 6.04. The van der Waals surface area contributed by atoms with Crippen molar-refractivity contribution in [2.45, 2.75) is 13.5 Å². The molecule has 0 fully saturated rings. The number of aryl methyl sites for hydroxylation is 1. The van der Waals surface area contributed by atoms with E-state index < -0.39 is 0 Å². The molecule has 0 unspecified atom stereocenters. The average Bonchev–Trinajstić information content (AvgIpc) is 3.04. The third-order valence-electron chi connectivity index (χ3n) is 3.86.